The summed E-state index contributed by atoms with van der Waals surface area (Å²) in [5.41, 5.74) is 1.46. The van der Waals surface area contributed by atoms with Crippen LogP contribution in [0.15, 0.2) is 65.2 Å². The summed E-state index contributed by atoms with van der Waals surface area (Å²) in [6, 6.07) is 13.2. The van der Waals surface area contributed by atoms with Crippen molar-refractivity contribution >= 4 is 23.0 Å². The summed E-state index contributed by atoms with van der Waals surface area (Å²) in [6.07, 6.45) is 0.447. The lowest BCUT2D eigenvalue weighted by molar-refractivity contribution is -0.129. The van der Waals surface area contributed by atoms with E-state index in [1.54, 1.807) is 56.0 Å². The predicted octanol–water partition coefficient (Wildman–Crippen LogP) is 4.60. The Balaban J connectivity index is 1.76. The van der Waals surface area contributed by atoms with E-state index >= 15 is 0 Å². The highest BCUT2D eigenvalue weighted by Crippen LogP contribution is 2.44. The Morgan fingerprint density at radius 1 is 0.944 bits per heavy atom. The number of methoxy groups -OCH3 is 4. The van der Waals surface area contributed by atoms with Gasteiger partial charge in [-0.3, -0.25) is 9.59 Å². The molecule has 2 aromatic carbocycles. The highest BCUT2D eigenvalue weighted by molar-refractivity contribution is 7.12. The molecule has 8 nitrogen and oxygen atoms in total. The molecule has 1 atom stereocenters. The van der Waals surface area contributed by atoms with Gasteiger partial charge in [-0.1, -0.05) is 12.1 Å². The molecular formula is C27H27NO7S. The number of rotatable bonds is 10. The highest BCUT2D eigenvalue weighted by Gasteiger charge is 2.45. The first kappa shape index (κ1) is 25.1. The highest BCUT2D eigenvalue weighted by atomic mass is 32.1. The van der Waals surface area contributed by atoms with Crippen LogP contribution in [0.5, 0.6) is 23.0 Å². The van der Waals surface area contributed by atoms with E-state index in [-0.39, 0.29) is 12.1 Å². The largest absolute Gasteiger partial charge is 0.503 e. The Kier molecular flexibility index (Phi) is 7.49. The molecule has 4 rings (SSSR count). The molecular weight excluding hydrogens is 482 g/mol. The predicted molar refractivity (Wildman–Crippen MR) is 136 cm³/mol. The van der Waals surface area contributed by atoms with Gasteiger partial charge in [0, 0.05) is 12.1 Å². The maximum atomic E-state index is 13.5. The molecule has 1 aliphatic heterocycles. The van der Waals surface area contributed by atoms with Crippen LogP contribution in [-0.4, -0.2) is 56.7 Å². The van der Waals surface area contributed by atoms with Gasteiger partial charge in [0.2, 0.25) is 5.78 Å². The van der Waals surface area contributed by atoms with Gasteiger partial charge in [-0.05, 0) is 53.8 Å². The third-order valence-electron chi connectivity index (χ3n) is 6.11. The quantitative estimate of drug-likeness (QED) is 0.399. The van der Waals surface area contributed by atoms with E-state index < -0.39 is 23.5 Å². The molecule has 1 amide bonds. The van der Waals surface area contributed by atoms with Crippen molar-refractivity contribution < 1.29 is 33.6 Å². The van der Waals surface area contributed by atoms with Crippen LogP contribution in [-0.2, 0) is 11.2 Å². The standard InChI is InChI=1S/C27H27NO7S/c1-32-17-8-10-19(33-2)18(15-17)24-23(25(29)22-6-5-13-36-22)26(30)27(31)28(24)12-11-16-7-9-20(34-3)21(14-16)35-4/h5-10,13-15,24,30H,11-12H2,1-4H3. The lowest BCUT2D eigenvalue weighted by Gasteiger charge is -2.28. The van der Waals surface area contributed by atoms with E-state index in [2.05, 4.69) is 0 Å². The van der Waals surface area contributed by atoms with Crippen LogP contribution in [0.2, 0.25) is 0 Å². The molecule has 0 bridgehead atoms. The second-order valence-electron chi connectivity index (χ2n) is 8.02. The fourth-order valence-electron chi connectivity index (χ4n) is 4.32. The van der Waals surface area contributed by atoms with Crippen molar-refractivity contribution in [2.75, 3.05) is 35.0 Å². The first-order valence-electron chi connectivity index (χ1n) is 11.2. The second-order valence-corrected chi connectivity index (χ2v) is 8.96. The maximum Gasteiger partial charge on any atom is 0.290 e. The molecule has 0 saturated heterocycles. The minimum absolute atomic E-state index is 0.0151. The molecule has 0 spiro atoms. The average molecular weight is 510 g/mol. The van der Waals surface area contributed by atoms with Gasteiger partial charge in [-0.25, -0.2) is 0 Å². The number of carbonyl (C=O) groups excluding carboxylic acids is 2. The van der Waals surface area contributed by atoms with Gasteiger partial charge in [0.25, 0.3) is 5.91 Å². The number of Topliss-reactive ketones (excluding diaryl/α,β-unsaturated/α-hetero) is 1. The number of nitrogens with zero attached hydrogens (tertiary/aromatic N) is 1. The number of aliphatic hydroxyl groups is 1. The molecule has 1 unspecified atom stereocenters. The van der Waals surface area contributed by atoms with Crippen LogP contribution in [0.4, 0.5) is 0 Å². The summed E-state index contributed by atoms with van der Waals surface area (Å²) in [5.74, 6) is 0.590. The molecule has 3 aromatic rings. The zero-order chi connectivity index (χ0) is 25.8. The molecule has 188 valence electrons. The van der Waals surface area contributed by atoms with Crippen LogP contribution in [0.1, 0.15) is 26.8 Å². The molecule has 0 aliphatic carbocycles. The number of thiophene rings is 1. The molecule has 1 N–H and O–H groups in total. The van der Waals surface area contributed by atoms with Gasteiger partial charge < -0.3 is 29.0 Å². The number of ether oxygens (including phenoxy) is 4. The maximum absolute atomic E-state index is 13.5. The number of ketones is 1. The van der Waals surface area contributed by atoms with Gasteiger partial charge >= 0.3 is 0 Å². The number of aliphatic hydroxyl groups excluding tert-OH is 1. The van der Waals surface area contributed by atoms with Gasteiger partial charge in [-0.15, -0.1) is 11.3 Å². The number of hydrogen-bond donors (Lipinski definition) is 1. The van der Waals surface area contributed by atoms with E-state index in [0.29, 0.717) is 39.9 Å². The number of hydrogen-bond acceptors (Lipinski definition) is 8. The minimum Gasteiger partial charge on any atom is -0.503 e. The Morgan fingerprint density at radius 3 is 2.31 bits per heavy atom. The summed E-state index contributed by atoms with van der Waals surface area (Å²) in [7, 11) is 6.17. The van der Waals surface area contributed by atoms with Crippen LogP contribution < -0.4 is 18.9 Å². The first-order valence-corrected chi connectivity index (χ1v) is 12.1. The van der Waals surface area contributed by atoms with E-state index in [1.807, 2.05) is 12.1 Å². The smallest absolute Gasteiger partial charge is 0.290 e. The van der Waals surface area contributed by atoms with E-state index in [4.69, 9.17) is 18.9 Å². The molecule has 36 heavy (non-hydrogen) atoms. The van der Waals surface area contributed by atoms with Crippen LogP contribution in [0.25, 0.3) is 0 Å². The Labute approximate surface area is 213 Å². The van der Waals surface area contributed by atoms with E-state index in [1.165, 1.54) is 30.5 Å². The van der Waals surface area contributed by atoms with Crippen LogP contribution >= 0.6 is 11.3 Å². The third-order valence-corrected chi connectivity index (χ3v) is 6.98. The molecule has 9 heteroatoms. The van der Waals surface area contributed by atoms with Gasteiger partial charge in [-0.2, -0.15) is 0 Å². The average Bonchev–Trinajstić information content (AvgIpc) is 3.54. The van der Waals surface area contributed by atoms with E-state index in [9.17, 15) is 14.7 Å². The summed E-state index contributed by atoms with van der Waals surface area (Å²) < 4.78 is 21.7. The number of benzene rings is 2. The lowest BCUT2D eigenvalue weighted by Crippen LogP contribution is -2.33. The first-order chi connectivity index (χ1) is 17.4. The number of carbonyl (C=O) groups is 2. The molecule has 0 radical (unpaired) electrons. The zero-order valence-electron chi connectivity index (χ0n) is 20.4. The van der Waals surface area contributed by atoms with E-state index in [0.717, 1.165) is 5.56 Å². The van der Waals surface area contributed by atoms with Gasteiger partial charge in [0.05, 0.1) is 44.9 Å². The normalized spacial score (nSPS) is 15.3. The van der Waals surface area contributed by atoms with Crippen molar-refractivity contribution in [2.24, 2.45) is 0 Å². The molecule has 1 aromatic heterocycles. The van der Waals surface area contributed by atoms with Crippen molar-refractivity contribution in [3.63, 3.8) is 0 Å². The minimum atomic E-state index is -0.864. The lowest BCUT2D eigenvalue weighted by atomic mass is 9.94. The fraction of sp³-hybridized carbons (Fsp3) is 0.259. The molecule has 0 fully saturated rings. The number of amides is 1. The second kappa shape index (κ2) is 10.7. The van der Waals surface area contributed by atoms with Crippen molar-refractivity contribution in [3.8, 4) is 23.0 Å². The van der Waals surface area contributed by atoms with Crippen molar-refractivity contribution in [1.29, 1.82) is 0 Å². The fourth-order valence-corrected chi connectivity index (χ4v) is 5.00. The Morgan fingerprint density at radius 2 is 1.67 bits per heavy atom. The van der Waals surface area contributed by atoms with Crippen molar-refractivity contribution in [1.82, 2.24) is 4.90 Å². The van der Waals surface area contributed by atoms with Crippen LogP contribution in [0, 0.1) is 0 Å². The zero-order valence-corrected chi connectivity index (χ0v) is 21.3. The van der Waals surface area contributed by atoms with Crippen molar-refractivity contribution in [3.05, 3.63) is 81.2 Å². The molecule has 0 saturated carbocycles. The third kappa shape index (κ3) is 4.61. The Bertz CT molecular complexity index is 1300. The van der Waals surface area contributed by atoms with Crippen molar-refractivity contribution in [2.45, 2.75) is 12.5 Å². The van der Waals surface area contributed by atoms with Crippen LogP contribution in [0.3, 0.4) is 0 Å². The SMILES string of the molecule is COc1ccc(OC)c(C2C(C(=O)c3cccs3)=C(O)C(=O)N2CCc2ccc(OC)c(OC)c2)c1. The summed E-state index contributed by atoms with van der Waals surface area (Å²) in [5, 5.41) is 12.7. The van der Waals surface area contributed by atoms with Gasteiger partial charge in [0.1, 0.15) is 11.5 Å². The summed E-state index contributed by atoms with van der Waals surface area (Å²) in [4.78, 5) is 28.7. The van der Waals surface area contributed by atoms with Gasteiger partial charge in [0.15, 0.2) is 17.3 Å². The summed E-state index contributed by atoms with van der Waals surface area (Å²) in [6.45, 7) is 0.227. The molecule has 2 heterocycles. The molecule has 1 aliphatic rings. The Hall–Kier alpha value is -3.98. The topological polar surface area (TPSA) is 94.5 Å². The summed E-state index contributed by atoms with van der Waals surface area (Å²) >= 11 is 1.25. The monoisotopic (exact) mass is 509 g/mol.